The lowest BCUT2D eigenvalue weighted by Crippen LogP contribution is -2.42. The van der Waals surface area contributed by atoms with Gasteiger partial charge < -0.3 is 15.4 Å². The van der Waals surface area contributed by atoms with Crippen molar-refractivity contribution in [3.8, 4) is 5.88 Å². The molecule has 2 N–H and O–H groups in total. The first-order chi connectivity index (χ1) is 8.22. The van der Waals surface area contributed by atoms with Crippen LogP contribution < -0.4 is 15.4 Å². The van der Waals surface area contributed by atoms with Crippen molar-refractivity contribution in [2.75, 3.05) is 32.1 Å². The molecule has 0 radical (unpaired) electrons. The van der Waals surface area contributed by atoms with E-state index in [0.717, 1.165) is 19.6 Å². The summed E-state index contributed by atoms with van der Waals surface area (Å²) < 4.78 is 5.07. The Balaban J connectivity index is 1.92. The van der Waals surface area contributed by atoms with E-state index in [1.54, 1.807) is 19.4 Å². The fraction of sp³-hybridized carbons (Fsp3) is 0.667. The summed E-state index contributed by atoms with van der Waals surface area (Å²) in [7, 11) is 1.61. The van der Waals surface area contributed by atoms with Crippen molar-refractivity contribution in [1.82, 2.24) is 15.3 Å². The maximum atomic E-state index is 5.07. The number of ether oxygens (including phenoxy) is 1. The molecule has 2 rings (SSSR count). The molecule has 1 fully saturated rings. The van der Waals surface area contributed by atoms with Gasteiger partial charge in [-0.2, -0.15) is 4.98 Å². The Bertz CT molecular complexity index is 363. The second-order valence-electron chi connectivity index (χ2n) is 4.87. The summed E-state index contributed by atoms with van der Waals surface area (Å²) in [5.41, 5.74) is 0.282. The lowest BCUT2D eigenvalue weighted by Gasteiger charge is -2.34. The minimum Gasteiger partial charge on any atom is -0.481 e. The van der Waals surface area contributed by atoms with E-state index in [-0.39, 0.29) is 5.41 Å². The highest BCUT2D eigenvalue weighted by molar-refractivity contribution is 5.27. The maximum absolute atomic E-state index is 5.07. The van der Waals surface area contributed by atoms with E-state index in [1.807, 2.05) is 0 Å². The monoisotopic (exact) mass is 236 g/mol. The highest BCUT2D eigenvalue weighted by atomic mass is 16.5. The predicted molar refractivity (Wildman–Crippen MR) is 67.3 cm³/mol. The third kappa shape index (κ3) is 3.30. The molecule has 1 aliphatic heterocycles. The molecule has 0 amide bonds. The highest BCUT2D eigenvalue weighted by Crippen LogP contribution is 2.25. The quantitative estimate of drug-likeness (QED) is 0.825. The zero-order valence-corrected chi connectivity index (χ0v) is 10.5. The molecule has 5 nitrogen and oxygen atoms in total. The number of hydrogen-bond donors (Lipinski definition) is 2. The van der Waals surface area contributed by atoms with E-state index in [9.17, 15) is 0 Å². The summed E-state index contributed by atoms with van der Waals surface area (Å²) in [5.74, 6) is 1.23. The fourth-order valence-electron chi connectivity index (χ4n) is 2.10. The SMILES string of the molecule is COc1ccnc(NCC2(C)CCCNC2)n1. The second-order valence-corrected chi connectivity index (χ2v) is 4.87. The molecule has 0 aliphatic carbocycles. The van der Waals surface area contributed by atoms with Gasteiger partial charge in [0.15, 0.2) is 0 Å². The van der Waals surface area contributed by atoms with Crippen LogP contribution in [0.3, 0.4) is 0 Å². The minimum absolute atomic E-state index is 0.282. The Labute approximate surface area is 102 Å². The Morgan fingerprint density at radius 1 is 1.59 bits per heavy atom. The predicted octanol–water partition coefficient (Wildman–Crippen LogP) is 1.29. The van der Waals surface area contributed by atoms with Gasteiger partial charge in [0.05, 0.1) is 7.11 Å². The molecular weight excluding hydrogens is 216 g/mol. The first kappa shape index (κ1) is 12.1. The van der Waals surface area contributed by atoms with Gasteiger partial charge in [-0.3, -0.25) is 0 Å². The number of piperidine rings is 1. The minimum atomic E-state index is 0.282. The third-order valence-electron chi connectivity index (χ3n) is 3.20. The average Bonchev–Trinajstić information content (AvgIpc) is 2.38. The summed E-state index contributed by atoms with van der Waals surface area (Å²) in [6.07, 6.45) is 4.17. The normalized spacial score (nSPS) is 24.4. The Morgan fingerprint density at radius 2 is 2.47 bits per heavy atom. The topological polar surface area (TPSA) is 59.1 Å². The van der Waals surface area contributed by atoms with Crippen LogP contribution in [0.1, 0.15) is 19.8 Å². The van der Waals surface area contributed by atoms with Crippen molar-refractivity contribution in [2.45, 2.75) is 19.8 Å². The van der Waals surface area contributed by atoms with E-state index < -0.39 is 0 Å². The molecule has 0 spiro atoms. The van der Waals surface area contributed by atoms with Gasteiger partial charge in [-0.05, 0) is 24.8 Å². The van der Waals surface area contributed by atoms with Gasteiger partial charge >= 0.3 is 0 Å². The van der Waals surface area contributed by atoms with Crippen molar-refractivity contribution in [2.24, 2.45) is 5.41 Å². The summed E-state index contributed by atoms with van der Waals surface area (Å²) in [6, 6.07) is 1.75. The molecule has 0 bridgehead atoms. The Kier molecular flexibility index (Phi) is 3.78. The van der Waals surface area contributed by atoms with Crippen LogP contribution in [0.4, 0.5) is 5.95 Å². The zero-order valence-electron chi connectivity index (χ0n) is 10.5. The number of hydrogen-bond acceptors (Lipinski definition) is 5. The lowest BCUT2D eigenvalue weighted by atomic mass is 9.83. The standard InChI is InChI=1S/C12H20N4O/c1-12(5-3-6-13-8-12)9-15-11-14-7-4-10(16-11)17-2/h4,7,13H,3,5-6,8-9H2,1-2H3,(H,14,15,16). The number of anilines is 1. The van der Waals surface area contributed by atoms with Gasteiger partial charge in [0.2, 0.25) is 11.8 Å². The number of rotatable bonds is 4. The number of nitrogens with zero attached hydrogens (tertiary/aromatic N) is 2. The average molecular weight is 236 g/mol. The molecule has 1 unspecified atom stereocenters. The number of aromatic nitrogens is 2. The molecule has 1 saturated heterocycles. The van der Waals surface area contributed by atoms with Crippen LogP contribution in [0.5, 0.6) is 5.88 Å². The van der Waals surface area contributed by atoms with Crippen molar-refractivity contribution >= 4 is 5.95 Å². The van der Waals surface area contributed by atoms with Gasteiger partial charge in [-0.1, -0.05) is 6.92 Å². The van der Waals surface area contributed by atoms with Crippen LogP contribution in [0.2, 0.25) is 0 Å². The largest absolute Gasteiger partial charge is 0.481 e. The van der Waals surface area contributed by atoms with Crippen LogP contribution in [-0.2, 0) is 0 Å². The fourth-order valence-corrected chi connectivity index (χ4v) is 2.10. The molecule has 1 atom stereocenters. The second kappa shape index (κ2) is 5.31. The molecule has 1 aromatic rings. The zero-order chi connectivity index (χ0) is 12.1. The molecule has 0 aromatic carbocycles. The van der Waals surface area contributed by atoms with Crippen LogP contribution in [0, 0.1) is 5.41 Å². The van der Waals surface area contributed by atoms with Crippen molar-refractivity contribution < 1.29 is 4.74 Å². The van der Waals surface area contributed by atoms with E-state index in [2.05, 4.69) is 27.5 Å². The molecule has 94 valence electrons. The smallest absolute Gasteiger partial charge is 0.225 e. The Morgan fingerprint density at radius 3 is 3.18 bits per heavy atom. The maximum Gasteiger partial charge on any atom is 0.225 e. The van der Waals surface area contributed by atoms with Gasteiger partial charge in [0.25, 0.3) is 0 Å². The van der Waals surface area contributed by atoms with Crippen molar-refractivity contribution in [3.05, 3.63) is 12.3 Å². The van der Waals surface area contributed by atoms with E-state index in [4.69, 9.17) is 4.74 Å². The van der Waals surface area contributed by atoms with Gasteiger partial charge in [0, 0.05) is 25.4 Å². The van der Waals surface area contributed by atoms with Crippen LogP contribution in [-0.4, -0.2) is 36.7 Å². The summed E-state index contributed by atoms with van der Waals surface area (Å²) >= 11 is 0. The van der Waals surface area contributed by atoms with Crippen molar-refractivity contribution in [3.63, 3.8) is 0 Å². The molecule has 5 heteroatoms. The van der Waals surface area contributed by atoms with E-state index in [1.165, 1.54) is 12.8 Å². The molecule has 1 aromatic heterocycles. The van der Waals surface area contributed by atoms with E-state index in [0.29, 0.717) is 11.8 Å². The van der Waals surface area contributed by atoms with Gasteiger partial charge in [-0.25, -0.2) is 4.98 Å². The first-order valence-corrected chi connectivity index (χ1v) is 6.03. The summed E-state index contributed by atoms with van der Waals surface area (Å²) in [4.78, 5) is 8.42. The first-order valence-electron chi connectivity index (χ1n) is 6.03. The molecule has 0 saturated carbocycles. The van der Waals surface area contributed by atoms with Crippen LogP contribution in [0.15, 0.2) is 12.3 Å². The van der Waals surface area contributed by atoms with Crippen molar-refractivity contribution in [1.29, 1.82) is 0 Å². The highest BCUT2D eigenvalue weighted by Gasteiger charge is 2.26. The number of nitrogens with one attached hydrogen (secondary N) is 2. The van der Waals surface area contributed by atoms with Crippen LogP contribution >= 0.6 is 0 Å². The summed E-state index contributed by atoms with van der Waals surface area (Å²) in [5, 5.41) is 6.72. The molecular formula is C12H20N4O. The molecule has 2 heterocycles. The molecule has 17 heavy (non-hydrogen) atoms. The third-order valence-corrected chi connectivity index (χ3v) is 3.20. The van der Waals surface area contributed by atoms with Gasteiger partial charge in [-0.15, -0.1) is 0 Å². The van der Waals surface area contributed by atoms with Gasteiger partial charge in [0.1, 0.15) is 0 Å². The van der Waals surface area contributed by atoms with Crippen LogP contribution in [0.25, 0.3) is 0 Å². The molecule has 1 aliphatic rings. The summed E-state index contributed by atoms with van der Waals surface area (Å²) in [6.45, 7) is 5.34. The Hall–Kier alpha value is -1.36. The number of methoxy groups -OCH3 is 1. The lowest BCUT2D eigenvalue weighted by molar-refractivity contribution is 0.253. The van der Waals surface area contributed by atoms with E-state index >= 15 is 0 Å².